The molecule has 184 valence electrons. The van der Waals surface area contributed by atoms with Gasteiger partial charge in [-0.3, -0.25) is 9.59 Å². The molecule has 2 aromatic rings. The number of anilines is 2. The van der Waals surface area contributed by atoms with Gasteiger partial charge in [0.25, 0.3) is 11.8 Å². The smallest absolute Gasteiger partial charge is 0.327 e. The van der Waals surface area contributed by atoms with Gasteiger partial charge < -0.3 is 26.0 Å². The number of hydrogen-bond acceptors (Lipinski definition) is 6. The normalized spacial score (nSPS) is 19.4. The third-order valence-electron chi connectivity index (χ3n) is 5.78. The van der Waals surface area contributed by atoms with Gasteiger partial charge in [-0.05, 0) is 58.2 Å². The first-order chi connectivity index (χ1) is 15.6. The van der Waals surface area contributed by atoms with Crippen LogP contribution < -0.4 is 16.0 Å². The quantitative estimate of drug-likeness (QED) is 0.389. The highest BCUT2D eigenvalue weighted by molar-refractivity contribution is 14.1. The Bertz CT molecular complexity index is 1140. The first-order valence-electron chi connectivity index (χ1n) is 10.5. The molecule has 1 atom stereocenters. The minimum absolute atomic E-state index is 0. The first-order valence-corrected chi connectivity index (χ1v) is 12.4. The fourth-order valence-corrected chi connectivity index (χ4v) is 5.69. The highest BCUT2D eigenvalue weighted by atomic mass is 127. The van der Waals surface area contributed by atoms with Crippen LogP contribution in [0.25, 0.3) is 0 Å². The number of fused-ring (bicyclic) bond motifs is 1. The summed E-state index contributed by atoms with van der Waals surface area (Å²) in [5, 5.41) is 18.9. The fraction of sp³-hybridized carbons (Fsp3) is 0.409. The van der Waals surface area contributed by atoms with Crippen molar-refractivity contribution in [3.63, 3.8) is 0 Å². The number of amides is 2. The molecule has 12 heteroatoms. The van der Waals surface area contributed by atoms with Gasteiger partial charge in [0, 0.05) is 29.7 Å². The van der Waals surface area contributed by atoms with E-state index in [1.165, 1.54) is 11.0 Å². The molecule has 0 spiro atoms. The van der Waals surface area contributed by atoms with E-state index in [4.69, 9.17) is 0 Å². The van der Waals surface area contributed by atoms with Gasteiger partial charge in [-0.1, -0.05) is 13.8 Å². The van der Waals surface area contributed by atoms with E-state index >= 15 is 0 Å². The second kappa shape index (κ2) is 10.3. The van der Waals surface area contributed by atoms with Crippen molar-refractivity contribution in [2.45, 2.75) is 26.3 Å². The molecule has 2 amide bonds. The summed E-state index contributed by atoms with van der Waals surface area (Å²) in [6, 6.07) is 3.65. The maximum absolute atomic E-state index is 14.6. The van der Waals surface area contributed by atoms with Crippen LogP contribution in [0.4, 0.5) is 15.1 Å². The fourth-order valence-electron chi connectivity index (χ4n) is 4.10. The number of carboxylic acid groups (broad SMARTS) is 1. The van der Waals surface area contributed by atoms with E-state index in [-0.39, 0.29) is 48.1 Å². The predicted octanol–water partition coefficient (Wildman–Crippen LogP) is 3.47. The summed E-state index contributed by atoms with van der Waals surface area (Å²) >= 11 is 3.10. The third-order valence-corrected chi connectivity index (χ3v) is 7.60. The highest BCUT2D eigenvalue weighted by Crippen LogP contribution is 2.41. The number of aliphatic carboxylic acids is 1. The Balaban J connectivity index is 0.00000324. The molecule has 1 aromatic heterocycles. The van der Waals surface area contributed by atoms with E-state index in [9.17, 15) is 23.9 Å². The van der Waals surface area contributed by atoms with Gasteiger partial charge in [-0.25, -0.2) is 9.18 Å². The lowest BCUT2D eigenvalue weighted by atomic mass is 9.85. The maximum atomic E-state index is 14.6. The molecule has 0 unspecified atom stereocenters. The zero-order valence-corrected chi connectivity index (χ0v) is 22.3. The minimum atomic E-state index is -1.10. The Kier molecular flexibility index (Phi) is 8.10. The molecule has 1 fully saturated rings. The maximum Gasteiger partial charge on any atom is 0.327 e. The zero-order valence-electron chi connectivity index (χ0n) is 18.5. The van der Waals surface area contributed by atoms with Gasteiger partial charge in [0.15, 0.2) is 0 Å². The lowest BCUT2D eigenvalue weighted by Crippen LogP contribution is -2.57. The van der Waals surface area contributed by atoms with E-state index in [2.05, 4.69) is 16.0 Å². The SMILES string of the molecule is CC1(C)CNC(=O)c2sc(Nc3ccc(I)cc3F)c(C(=O)N3CCNC[C@@H]3C(=O)O)c2C1.Cl. The van der Waals surface area contributed by atoms with Crippen molar-refractivity contribution in [3.05, 3.63) is 43.6 Å². The topological polar surface area (TPSA) is 111 Å². The molecule has 4 N–H and O–H groups in total. The summed E-state index contributed by atoms with van der Waals surface area (Å²) < 4.78 is 15.3. The van der Waals surface area contributed by atoms with Crippen LogP contribution in [0, 0.1) is 14.8 Å². The van der Waals surface area contributed by atoms with Crippen molar-refractivity contribution < 1.29 is 23.9 Å². The largest absolute Gasteiger partial charge is 0.480 e. The van der Waals surface area contributed by atoms with E-state index in [0.717, 1.165) is 14.9 Å². The molecular formula is C22H25ClFIN4O4S. The Labute approximate surface area is 220 Å². The van der Waals surface area contributed by atoms with Crippen LogP contribution in [0.15, 0.2) is 18.2 Å². The van der Waals surface area contributed by atoms with Crippen LogP contribution in [0.1, 0.15) is 39.4 Å². The summed E-state index contributed by atoms with van der Waals surface area (Å²) in [4.78, 5) is 40.2. The molecule has 1 aromatic carbocycles. The number of thiophene rings is 1. The van der Waals surface area contributed by atoms with Crippen LogP contribution in [0.2, 0.25) is 0 Å². The summed E-state index contributed by atoms with van der Waals surface area (Å²) in [7, 11) is 0. The van der Waals surface area contributed by atoms with Crippen molar-refractivity contribution >= 4 is 74.8 Å². The number of rotatable bonds is 4. The molecule has 0 saturated carbocycles. The molecule has 0 aliphatic carbocycles. The number of benzene rings is 1. The second-order valence-corrected chi connectivity index (χ2v) is 11.2. The molecule has 1 saturated heterocycles. The second-order valence-electron chi connectivity index (χ2n) is 8.94. The Morgan fingerprint density at radius 1 is 1.35 bits per heavy atom. The number of carboxylic acids is 1. The van der Waals surface area contributed by atoms with Crippen LogP contribution in [-0.2, 0) is 11.2 Å². The molecule has 3 heterocycles. The predicted molar refractivity (Wildman–Crippen MR) is 139 cm³/mol. The van der Waals surface area contributed by atoms with Crippen LogP contribution in [0.3, 0.4) is 0 Å². The first kappa shape index (κ1) is 26.6. The number of nitrogens with zero attached hydrogens (tertiary/aromatic N) is 1. The van der Waals surface area contributed by atoms with E-state index in [1.807, 2.05) is 36.4 Å². The molecule has 2 aliphatic heterocycles. The average Bonchev–Trinajstić information content (AvgIpc) is 3.05. The molecule has 4 rings (SSSR count). The summed E-state index contributed by atoms with van der Waals surface area (Å²) in [5.41, 5.74) is 0.667. The number of carbonyl (C=O) groups excluding carboxylic acids is 2. The Morgan fingerprint density at radius 3 is 2.76 bits per heavy atom. The summed E-state index contributed by atoms with van der Waals surface area (Å²) in [5.74, 6) is -2.35. The standard InChI is InChI=1S/C22H24FIN4O4S.ClH/c1-22(2)8-12-16(20(30)28-6-5-25-9-15(28)21(31)32)19(33-17(12)18(29)26-10-22)27-14-4-3-11(24)7-13(14)23;/h3-4,7,15,25,27H,5-6,8-10H2,1-2H3,(H,26,29)(H,31,32);1H/t15-;/m1./s1. The van der Waals surface area contributed by atoms with Crippen LogP contribution in [0.5, 0.6) is 0 Å². The lowest BCUT2D eigenvalue weighted by Gasteiger charge is -2.34. The van der Waals surface area contributed by atoms with Gasteiger partial charge in [0.2, 0.25) is 0 Å². The number of halogens is 3. The van der Waals surface area contributed by atoms with E-state index in [0.29, 0.717) is 35.0 Å². The molecule has 2 aliphatic rings. The van der Waals surface area contributed by atoms with Crippen molar-refractivity contribution in [1.29, 1.82) is 0 Å². The van der Waals surface area contributed by atoms with Crippen molar-refractivity contribution in [2.75, 3.05) is 31.5 Å². The van der Waals surface area contributed by atoms with Gasteiger partial charge in [-0.15, -0.1) is 23.7 Å². The third kappa shape index (κ3) is 5.31. The average molecular weight is 623 g/mol. The molecule has 0 radical (unpaired) electrons. The van der Waals surface area contributed by atoms with Gasteiger partial charge >= 0.3 is 5.97 Å². The summed E-state index contributed by atoms with van der Waals surface area (Å²) in [6.45, 7) is 5.24. The van der Waals surface area contributed by atoms with Crippen molar-refractivity contribution in [1.82, 2.24) is 15.5 Å². The zero-order chi connectivity index (χ0) is 23.9. The summed E-state index contributed by atoms with van der Waals surface area (Å²) in [6.07, 6.45) is 0.444. The minimum Gasteiger partial charge on any atom is -0.480 e. The molecule has 0 bridgehead atoms. The van der Waals surface area contributed by atoms with Crippen LogP contribution >= 0.6 is 46.3 Å². The molecular weight excluding hydrogens is 598 g/mol. The van der Waals surface area contributed by atoms with Crippen LogP contribution in [-0.4, -0.2) is 60.0 Å². The molecule has 8 nitrogen and oxygen atoms in total. The monoisotopic (exact) mass is 622 g/mol. The van der Waals surface area contributed by atoms with Crippen molar-refractivity contribution in [2.24, 2.45) is 5.41 Å². The Hall–Kier alpha value is -1.96. The Morgan fingerprint density at radius 2 is 2.09 bits per heavy atom. The molecule has 34 heavy (non-hydrogen) atoms. The lowest BCUT2D eigenvalue weighted by molar-refractivity contribution is -0.142. The number of hydrogen-bond donors (Lipinski definition) is 4. The highest BCUT2D eigenvalue weighted by Gasteiger charge is 2.39. The number of nitrogens with one attached hydrogen (secondary N) is 3. The number of carbonyl (C=O) groups is 3. The van der Waals surface area contributed by atoms with Crippen molar-refractivity contribution in [3.8, 4) is 0 Å². The van der Waals surface area contributed by atoms with E-state index in [1.54, 1.807) is 12.1 Å². The van der Waals surface area contributed by atoms with Gasteiger partial charge in [0.05, 0.1) is 16.1 Å². The van der Waals surface area contributed by atoms with Gasteiger partial charge in [-0.2, -0.15) is 0 Å². The van der Waals surface area contributed by atoms with Gasteiger partial charge in [0.1, 0.15) is 16.9 Å². The van der Waals surface area contributed by atoms with E-state index < -0.39 is 23.7 Å². The number of piperazine rings is 1.